The van der Waals surface area contributed by atoms with Crippen molar-refractivity contribution in [2.24, 2.45) is 11.1 Å². The predicted octanol–water partition coefficient (Wildman–Crippen LogP) is 2.28. The molecule has 1 aromatic rings. The summed E-state index contributed by atoms with van der Waals surface area (Å²) in [6, 6.07) is 4.54. The topological polar surface area (TPSA) is 42.2 Å². The van der Waals surface area contributed by atoms with E-state index in [0.717, 1.165) is 13.1 Å². The minimum atomic E-state index is 0.206. The summed E-state index contributed by atoms with van der Waals surface area (Å²) in [7, 11) is 0. The molecule has 1 rings (SSSR count). The molecule has 0 bridgehead atoms. The summed E-state index contributed by atoms with van der Waals surface area (Å²) >= 11 is 0. The van der Waals surface area contributed by atoms with E-state index in [9.17, 15) is 0 Å². The lowest BCUT2D eigenvalue weighted by atomic mass is 9.85. The zero-order valence-corrected chi connectivity index (χ0v) is 11.5. The maximum atomic E-state index is 5.94. The number of likely N-dealkylation sites (N-methyl/N-ethyl adjacent to an activating group) is 1. The molecule has 3 nitrogen and oxygen atoms in total. The Kier molecular flexibility index (Phi) is 5.09. The van der Waals surface area contributed by atoms with Crippen molar-refractivity contribution in [3.63, 3.8) is 0 Å². The van der Waals surface area contributed by atoms with Gasteiger partial charge in [0.05, 0.1) is 0 Å². The summed E-state index contributed by atoms with van der Waals surface area (Å²) in [5.41, 5.74) is 7.44. The molecule has 0 aliphatic carbocycles. The van der Waals surface area contributed by atoms with Crippen LogP contribution >= 0.6 is 0 Å². The Bertz CT molecular complexity index is 316. The fraction of sp³-hybridized carbons (Fsp3) is 0.643. The minimum Gasteiger partial charge on any atom is -0.329 e. The summed E-state index contributed by atoms with van der Waals surface area (Å²) in [5, 5.41) is 0. The summed E-state index contributed by atoms with van der Waals surface area (Å²) in [6.45, 7) is 11.6. The molecule has 1 atom stereocenters. The molecule has 0 aromatic carbocycles. The molecule has 0 aliphatic heterocycles. The number of nitrogens with two attached hydrogens (primary N) is 1. The molecular weight excluding hydrogens is 210 g/mol. The van der Waals surface area contributed by atoms with Crippen molar-refractivity contribution in [2.45, 2.75) is 40.3 Å². The average Bonchev–Trinajstić information content (AvgIpc) is 2.28. The molecule has 1 heterocycles. The van der Waals surface area contributed by atoms with Crippen LogP contribution in [0.5, 0.6) is 0 Å². The van der Waals surface area contributed by atoms with Gasteiger partial charge in [0, 0.05) is 31.5 Å². The van der Waals surface area contributed by atoms with Gasteiger partial charge < -0.3 is 5.73 Å². The van der Waals surface area contributed by atoms with Gasteiger partial charge in [-0.3, -0.25) is 9.88 Å². The quantitative estimate of drug-likeness (QED) is 0.851. The van der Waals surface area contributed by atoms with Crippen LogP contribution in [0.1, 0.15) is 33.3 Å². The highest BCUT2D eigenvalue weighted by molar-refractivity contribution is 5.09. The summed E-state index contributed by atoms with van der Waals surface area (Å²) in [5.74, 6) is 0. The largest absolute Gasteiger partial charge is 0.329 e. The van der Waals surface area contributed by atoms with Crippen LogP contribution in [0.2, 0.25) is 0 Å². The molecule has 0 radical (unpaired) electrons. The number of hydrogen-bond acceptors (Lipinski definition) is 3. The van der Waals surface area contributed by atoms with Gasteiger partial charge in [-0.2, -0.15) is 0 Å². The van der Waals surface area contributed by atoms with E-state index in [0.29, 0.717) is 12.6 Å². The van der Waals surface area contributed by atoms with Crippen LogP contribution in [-0.4, -0.2) is 29.0 Å². The lowest BCUT2D eigenvalue weighted by molar-refractivity contribution is 0.103. The fourth-order valence-electron chi connectivity index (χ4n) is 2.22. The van der Waals surface area contributed by atoms with E-state index >= 15 is 0 Å². The van der Waals surface area contributed by atoms with Crippen molar-refractivity contribution in [1.82, 2.24) is 9.88 Å². The summed E-state index contributed by atoms with van der Waals surface area (Å²) in [4.78, 5) is 6.49. The molecule has 1 unspecified atom stereocenters. The Morgan fingerprint density at radius 1 is 1.29 bits per heavy atom. The highest BCUT2D eigenvalue weighted by Gasteiger charge is 2.28. The van der Waals surface area contributed by atoms with Gasteiger partial charge in [0.15, 0.2) is 0 Å². The van der Waals surface area contributed by atoms with Gasteiger partial charge >= 0.3 is 0 Å². The zero-order chi connectivity index (χ0) is 12.9. The van der Waals surface area contributed by atoms with E-state index in [2.05, 4.69) is 49.7 Å². The number of pyridine rings is 1. The first-order valence-corrected chi connectivity index (χ1v) is 6.32. The number of rotatable bonds is 5. The second kappa shape index (κ2) is 6.12. The molecule has 0 saturated carbocycles. The summed E-state index contributed by atoms with van der Waals surface area (Å²) in [6.07, 6.45) is 3.69. The van der Waals surface area contributed by atoms with E-state index in [1.54, 1.807) is 0 Å². The van der Waals surface area contributed by atoms with Crippen LogP contribution in [-0.2, 0) is 6.54 Å². The van der Waals surface area contributed by atoms with E-state index in [-0.39, 0.29) is 5.41 Å². The second-order valence-corrected chi connectivity index (χ2v) is 5.54. The SMILES string of the molecule is CCN(Cc1ccncc1)C(CN)C(C)(C)C. The maximum absolute atomic E-state index is 5.94. The van der Waals surface area contributed by atoms with Gasteiger partial charge in [-0.05, 0) is 29.7 Å². The minimum absolute atomic E-state index is 0.206. The standard InChI is InChI=1S/C14H25N3/c1-5-17(13(10-15)14(2,3)4)11-12-6-8-16-9-7-12/h6-9,13H,5,10-11,15H2,1-4H3. The van der Waals surface area contributed by atoms with Gasteiger partial charge in [-0.15, -0.1) is 0 Å². The monoisotopic (exact) mass is 235 g/mol. The number of nitrogens with zero attached hydrogens (tertiary/aromatic N) is 2. The summed E-state index contributed by atoms with van der Waals surface area (Å²) < 4.78 is 0. The fourth-order valence-corrected chi connectivity index (χ4v) is 2.22. The molecule has 1 aromatic heterocycles. The van der Waals surface area contributed by atoms with Crippen LogP contribution in [0.3, 0.4) is 0 Å². The van der Waals surface area contributed by atoms with Crippen molar-refractivity contribution >= 4 is 0 Å². The first-order valence-electron chi connectivity index (χ1n) is 6.32. The van der Waals surface area contributed by atoms with E-state index in [4.69, 9.17) is 5.73 Å². The predicted molar refractivity (Wildman–Crippen MR) is 72.6 cm³/mol. The van der Waals surface area contributed by atoms with Crippen molar-refractivity contribution in [2.75, 3.05) is 13.1 Å². The van der Waals surface area contributed by atoms with Crippen LogP contribution in [0.15, 0.2) is 24.5 Å². The third-order valence-corrected chi connectivity index (χ3v) is 3.20. The number of hydrogen-bond donors (Lipinski definition) is 1. The van der Waals surface area contributed by atoms with Gasteiger partial charge in [0.1, 0.15) is 0 Å². The highest BCUT2D eigenvalue weighted by Crippen LogP contribution is 2.24. The number of aromatic nitrogens is 1. The van der Waals surface area contributed by atoms with Gasteiger partial charge in [-0.1, -0.05) is 27.7 Å². The molecule has 0 aliphatic rings. The Labute approximate surface area is 105 Å². The first kappa shape index (κ1) is 14.1. The maximum Gasteiger partial charge on any atom is 0.0271 e. The Balaban J connectivity index is 2.77. The highest BCUT2D eigenvalue weighted by atomic mass is 15.2. The molecule has 17 heavy (non-hydrogen) atoms. The third-order valence-electron chi connectivity index (χ3n) is 3.20. The van der Waals surface area contributed by atoms with Crippen LogP contribution in [0, 0.1) is 5.41 Å². The zero-order valence-electron chi connectivity index (χ0n) is 11.5. The Morgan fingerprint density at radius 2 is 1.88 bits per heavy atom. The van der Waals surface area contributed by atoms with E-state index in [1.807, 2.05) is 12.4 Å². The molecule has 0 amide bonds. The first-order chi connectivity index (χ1) is 7.99. The third kappa shape index (κ3) is 4.10. The molecule has 0 saturated heterocycles. The smallest absolute Gasteiger partial charge is 0.0271 e. The van der Waals surface area contributed by atoms with Crippen LogP contribution in [0.4, 0.5) is 0 Å². The molecule has 96 valence electrons. The molecule has 3 heteroatoms. The average molecular weight is 235 g/mol. The molecule has 0 spiro atoms. The Hall–Kier alpha value is -0.930. The van der Waals surface area contributed by atoms with Crippen molar-refractivity contribution < 1.29 is 0 Å². The van der Waals surface area contributed by atoms with Gasteiger partial charge in [0.25, 0.3) is 0 Å². The lowest BCUT2D eigenvalue weighted by Crippen LogP contribution is -2.48. The van der Waals surface area contributed by atoms with Crippen molar-refractivity contribution in [3.05, 3.63) is 30.1 Å². The van der Waals surface area contributed by atoms with E-state index < -0.39 is 0 Å². The van der Waals surface area contributed by atoms with Crippen LogP contribution < -0.4 is 5.73 Å². The normalized spacial score (nSPS) is 14.0. The Morgan fingerprint density at radius 3 is 2.29 bits per heavy atom. The van der Waals surface area contributed by atoms with Gasteiger partial charge in [0.2, 0.25) is 0 Å². The second-order valence-electron chi connectivity index (χ2n) is 5.54. The van der Waals surface area contributed by atoms with E-state index in [1.165, 1.54) is 5.56 Å². The molecule has 0 fully saturated rings. The van der Waals surface area contributed by atoms with Gasteiger partial charge in [-0.25, -0.2) is 0 Å². The molecular formula is C14H25N3. The van der Waals surface area contributed by atoms with Crippen molar-refractivity contribution in [1.29, 1.82) is 0 Å². The molecule has 2 N–H and O–H groups in total. The lowest BCUT2D eigenvalue weighted by Gasteiger charge is -2.39. The van der Waals surface area contributed by atoms with Crippen LogP contribution in [0.25, 0.3) is 0 Å². The van der Waals surface area contributed by atoms with Crippen molar-refractivity contribution in [3.8, 4) is 0 Å².